The molecule has 2 atom stereocenters. The van der Waals surface area contributed by atoms with E-state index in [4.69, 9.17) is 5.73 Å². The van der Waals surface area contributed by atoms with E-state index in [9.17, 15) is 31.4 Å². The van der Waals surface area contributed by atoms with Gasteiger partial charge in [0.05, 0.1) is 11.7 Å². The van der Waals surface area contributed by atoms with Crippen molar-refractivity contribution < 1.29 is 31.4 Å². The quantitative estimate of drug-likeness (QED) is 0.837. The molecule has 0 heterocycles. The van der Waals surface area contributed by atoms with Crippen molar-refractivity contribution in [3.63, 3.8) is 0 Å². The molecule has 0 radical (unpaired) electrons. The zero-order valence-corrected chi connectivity index (χ0v) is 10.7. The third-order valence-corrected chi connectivity index (χ3v) is 2.52. The second-order valence-corrected chi connectivity index (χ2v) is 4.02. The molecule has 0 spiro atoms. The Hall–Kier alpha value is -0.990. The van der Waals surface area contributed by atoms with Crippen molar-refractivity contribution in [3.8, 4) is 0 Å². The summed E-state index contributed by atoms with van der Waals surface area (Å²) < 4.78 is 73.2. The van der Waals surface area contributed by atoms with Crippen LogP contribution in [0.4, 0.5) is 26.3 Å². The average Bonchev–Trinajstić information content (AvgIpc) is 2.26. The lowest BCUT2D eigenvalue weighted by Gasteiger charge is -2.19. The third kappa shape index (κ3) is 5.18. The summed E-state index contributed by atoms with van der Waals surface area (Å²) in [5.74, 6) is 0. The number of hydrogen-bond acceptors (Lipinski definition) is 2. The van der Waals surface area contributed by atoms with E-state index in [1.54, 1.807) is 0 Å². The van der Waals surface area contributed by atoms with Crippen molar-refractivity contribution >= 4 is 12.4 Å². The van der Waals surface area contributed by atoms with Gasteiger partial charge in [-0.3, -0.25) is 0 Å². The lowest BCUT2D eigenvalue weighted by molar-refractivity contribution is -0.153. The van der Waals surface area contributed by atoms with Gasteiger partial charge in [0.25, 0.3) is 0 Å². The predicted octanol–water partition coefficient (Wildman–Crippen LogP) is 3.44. The van der Waals surface area contributed by atoms with Crippen molar-refractivity contribution in [1.29, 1.82) is 0 Å². The molecular formula is C11H12ClF6NO. The smallest absolute Gasteiger partial charge is 0.388 e. The van der Waals surface area contributed by atoms with Crippen molar-refractivity contribution in [3.05, 3.63) is 35.4 Å². The molecule has 1 aromatic carbocycles. The first-order chi connectivity index (χ1) is 8.51. The molecule has 0 fully saturated rings. The molecular weight excluding hydrogens is 312 g/mol. The first-order valence-electron chi connectivity index (χ1n) is 5.19. The van der Waals surface area contributed by atoms with E-state index in [-0.39, 0.29) is 18.0 Å². The molecule has 0 aliphatic carbocycles. The SMILES string of the molecule is Cl.N[C@@H](C[C@@H](O)c1ccc(C(F)(F)F)cc1)C(F)(F)F. The summed E-state index contributed by atoms with van der Waals surface area (Å²) >= 11 is 0. The van der Waals surface area contributed by atoms with Gasteiger partial charge in [-0.15, -0.1) is 12.4 Å². The normalized spacial score (nSPS) is 15.4. The number of alkyl halides is 6. The van der Waals surface area contributed by atoms with Gasteiger partial charge in [0, 0.05) is 6.42 Å². The fourth-order valence-electron chi connectivity index (χ4n) is 1.40. The maximum absolute atomic E-state index is 12.3. The average molecular weight is 324 g/mol. The zero-order chi connectivity index (χ0) is 14.8. The molecule has 0 aliphatic heterocycles. The molecule has 0 amide bonds. The first kappa shape index (κ1) is 19.0. The highest BCUT2D eigenvalue weighted by molar-refractivity contribution is 5.85. The largest absolute Gasteiger partial charge is 0.416 e. The topological polar surface area (TPSA) is 46.2 Å². The standard InChI is InChI=1S/C11H11F6NO.ClH/c12-10(13,14)7-3-1-6(2-4-7)8(19)5-9(18)11(15,16)17;/h1-4,8-9,19H,5,18H2;1H/t8-,9+;/m1./s1. The van der Waals surface area contributed by atoms with E-state index in [0.29, 0.717) is 12.1 Å². The van der Waals surface area contributed by atoms with Gasteiger partial charge in [-0.25, -0.2) is 0 Å². The minimum atomic E-state index is -4.66. The highest BCUT2D eigenvalue weighted by Gasteiger charge is 2.38. The van der Waals surface area contributed by atoms with Crippen LogP contribution in [-0.2, 0) is 6.18 Å². The minimum Gasteiger partial charge on any atom is -0.388 e. The van der Waals surface area contributed by atoms with Crippen molar-refractivity contribution in [1.82, 2.24) is 0 Å². The van der Waals surface area contributed by atoms with Crippen LogP contribution in [0, 0.1) is 0 Å². The second-order valence-electron chi connectivity index (χ2n) is 4.02. The second kappa shape index (κ2) is 6.64. The predicted molar refractivity (Wildman–Crippen MR) is 62.3 cm³/mol. The Morgan fingerprint density at radius 3 is 1.80 bits per heavy atom. The van der Waals surface area contributed by atoms with Crippen LogP contribution in [0.2, 0.25) is 0 Å². The van der Waals surface area contributed by atoms with Crippen LogP contribution in [0.15, 0.2) is 24.3 Å². The van der Waals surface area contributed by atoms with Crippen LogP contribution in [-0.4, -0.2) is 17.3 Å². The van der Waals surface area contributed by atoms with Crippen molar-refractivity contribution in [2.45, 2.75) is 30.9 Å². The molecule has 0 saturated heterocycles. The summed E-state index contributed by atoms with van der Waals surface area (Å²) in [5, 5.41) is 9.49. The van der Waals surface area contributed by atoms with E-state index in [1.807, 2.05) is 0 Å². The van der Waals surface area contributed by atoms with E-state index < -0.39 is 36.5 Å². The minimum absolute atomic E-state index is 0. The summed E-state index contributed by atoms with van der Waals surface area (Å²) in [4.78, 5) is 0. The van der Waals surface area contributed by atoms with Crippen LogP contribution in [0.5, 0.6) is 0 Å². The van der Waals surface area contributed by atoms with Gasteiger partial charge in [-0.1, -0.05) is 12.1 Å². The Balaban J connectivity index is 0.00000361. The van der Waals surface area contributed by atoms with Gasteiger partial charge in [0.2, 0.25) is 0 Å². The Kier molecular flexibility index (Phi) is 6.31. The molecule has 0 aromatic heterocycles. The number of hydrogen-bond donors (Lipinski definition) is 2. The molecule has 20 heavy (non-hydrogen) atoms. The van der Waals surface area contributed by atoms with Crippen LogP contribution in [0.3, 0.4) is 0 Å². The summed E-state index contributed by atoms with van der Waals surface area (Å²) in [6, 6.07) is 1.01. The fourth-order valence-corrected chi connectivity index (χ4v) is 1.40. The Morgan fingerprint density at radius 1 is 1.00 bits per heavy atom. The molecule has 0 unspecified atom stereocenters. The maximum Gasteiger partial charge on any atom is 0.416 e. The molecule has 0 saturated carbocycles. The van der Waals surface area contributed by atoms with Gasteiger partial charge < -0.3 is 10.8 Å². The fraction of sp³-hybridized carbons (Fsp3) is 0.455. The molecule has 0 bridgehead atoms. The summed E-state index contributed by atoms with van der Waals surface area (Å²) in [7, 11) is 0. The van der Waals surface area contributed by atoms with E-state index in [1.165, 1.54) is 0 Å². The van der Waals surface area contributed by atoms with Crippen molar-refractivity contribution in [2.75, 3.05) is 0 Å². The molecule has 116 valence electrons. The molecule has 2 nitrogen and oxygen atoms in total. The van der Waals surface area contributed by atoms with Crippen LogP contribution >= 0.6 is 12.4 Å². The number of halogens is 7. The Bertz CT molecular complexity index is 416. The van der Waals surface area contributed by atoms with Gasteiger partial charge in [0.1, 0.15) is 6.04 Å². The monoisotopic (exact) mass is 323 g/mol. The van der Waals surface area contributed by atoms with E-state index >= 15 is 0 Å². The highest BCUT2D eigenvalue weighted by Crippen LogP contribution is 2.31. The summed E-state index contributed by atoms with van der Waals surface area (Å²) in [6.07, 6.45) is -11.6. The number of nitrogens with two attached hydrogens (primary N) is 1. The lowest BCUT2D eigenvalue weighted by Crippen LogP contribution is -2.38. The molecule has 3 N–H and O–H groups in total. The van der Waals surface area contributed by atoms with Gasteiger partial charge in [-0.05, 0) is 17.7 Å². The van der Waals surface area contributed by atoms with Gasteiger partial charge in [0.15, 0.2) is 0 Å². The van der Waals surface area contributed by atoms with E-state index in [0.717, 1.165) is 12.1 Å². The summed E-state index contributed by atoms with van der Waals surface area (Å²) in [5.41, 5.74) is 3.83. The van der Waals surface area contributed by atoms with Gasteiger partial charge >= 0.3 is 12.4 Å². The number of benzene rings is 1. The van der Waals surface area contributed by atoms with Gasteiger partial charge in [-0.2, -0.15) is 26.3 Å². The zero-order valence-electron chi connectivity index (χ0n) is 9.87. The van der Waals surface area contributed by atoms with Crippen molar-refractivity contribution in [2.24, 2.45) is 5.73 Å². The van der Waals surface area contributed by atoms with E-state index in [2.05, 4.69) is 0 Å². The molecule has 9 heteroatoms. The Morgan fingerprint density at radius 2 is 1.45 bits per heavy atom. The van der Waals surface area contributed by atoms with Crippen LogP contribution < -0.4 is 5.73 Å². The first-order valence-corrected chi connectivity index (χ1v) is 5.19. The molecule has 1 rings (SSSR count). The van der Waals surface area contributed by atoms with Crippen LogP contribution in [0.25, 0.3) is 0 Å². The maximum atomic E-state index is 12.3. The Labute approximate surface area is 117 Å². The van der Waals surface area contributed by atoms with Crippen LogP contribution in [0.1, 0.15) is 23.7 Å². The molecule has 1 aromatic rings. The summed E-state index contributed by atoms with van der Waals surface area (Å²) in [6.45, 7) is 0. The number of aliphatic hydroxyl groups is 1. The highest BCUT2D eigenvalue weighted by atomic mass is 35.5. The number of aliphatic hydroxyl groups excluding tert-OH is 1. The third-order valence-electron chi connectivity index (χ3n) is 2.52. The number of rotatable bonds is 3. The lowest BCUT2D eigenvalue weighted by atomic mass is 10.0. The molecule has 0 aliphatic rings.